The Balaban J connectivity index is 1.41. The number of hydrogen-bond acceptors (Lipinski definition) is 5. The van der Waals surface area contributed by atoms with E-state index in [1.807, 2.05) is 36.5 Å². The number of fused-ring (bicyclic) bond motifs is 1. The van der Waals surface area contributed by atoms with Crippen LogP contribution in [0, 0.1) is 12.4 Å². The Morgan fingerprint density at radius 3 is 2.86 bits per heavy atom. The maximum atomic E-state index is 12.7. The molecule has 0 bridgehead atoms. The fraction of sp³-hybridized carbons (Fsp3) is 0.0769. The maximum Gasteiger partial charge on any atom is 0.323 e. The Morgan fingerprint density at radius 1 is 1.17 bits per heavy atom. The number of anilines is 2. The van der Waals surface area contributed by atoms with Gasteiger partial charge in [-0.05, 0) is 48.0 Å². The van der Waals surface area contributed by atoms with E-state index in [1.54, 1.807) is 41.1 Å². The van der Waals surface area contributed by atoms with Crippen molar-refractivity contribution in [1.82, 2.24) is 19.4 Å². The molecule has 9 nitrogen and oxygen atoms in total. The highest BCUT2D eigenvalue weighted by Crippen LogP contribution is 2.28. The molecule has 5 rings (SSSR count). The summed E-state index contributed by atoms with van der Waals surface area (Å²) in [5, 5.41) is 6.09. The van der Waals surface area contributed by atoms with Gasteiger partial charge in [0.25, 0.3) is 0 Å². The van der Waals surface area contributed by atoms with E-state index in [0.717, 1.165) is 16.8 Å². The standard InChI is InChI=1S/C26H20ClN7O2/c1-36-23-6-5-19(27)14-21(23)33-26(35)31-20-4-2-3-18(13-20)22-16-34-12-11-29-25(34)24(32-22)30-15-17-7-9-28-10-8-17/h2-10,13-14,16H,15H2,1H3,(H,30,32)(H2,31,33,35). The number of benzene rings is 2. The minimum absolute atomic E-state index is 0.433. The summed E-state index contributed by atoms with van der Waals surface area (Å²) in [7, 11) is 1.52. The first-order chi connectivity index (χ1) is 17.6. The van der Waals surface area contributed by atoms with Crippen LogP contribution < -0.4 is 20.9 Å². The summed E-state index contributed by atoms with van der Waals surface area (Å²) in [5.41, 5.74) is 4.87. The third kappa shape index (κ3) is 5.14. The quantitative estimate of drug-likeness (QED) is 0.315. The zero-order valence-corrected chi connectivity index (χ0v) is 19.9. The summed E-state index contributed by atoms with van der Waals surface area (Å²) < 4.78 is 7.02. The molecule has 5 aromatic rings. The molecule has 2 aromatic carbocycles. The van der Waals surface area contributed by atoms with Crippen molar-refractivity contribution >= 4 is 34.7 Å². The van der Waals surface area contributed by atoms with Crippen molar-refractivity contribution in [2.45, 2.75) is 6.54 Å². The zero-order valence-electron chi connectivity index (χ0n) is 19.1. The van der Waals surface area contributed by atoms with Gasteiger partial charge in [-0.3, -0.25) is 14.4 Å². The van der Waals surface area contributed by atoms with E-state index in [4.69, 9.17) is 21.3 Å². The Kier molecular flexibility index (Phi) is 6.51. The lowest BCUT2D eigenvalue weighted by molar-refractivity contribution is 0.262. The third-order valence-electron chi connectivity index (χ3n) is 5.29. The molecule has 178 valence electrons. The number of carbonyl (C=O) groups excluding carboxylic acids is 1. The summed E-state index contributed by atoms with van der Waals surface area (Å²) in [6.07, 6.45) is 11.0. The van der Waals surface area contributed by atoms with Gasteiger partial charge < -0.3 is 20.4 Å². The topological polar surface area (TPSA) is 109 Å². The molecule has 0 unspecified atom stereocenters. The number of nitrogens with zero attached hydrogens (tertiary/aromatic N) is 4. The number of hydrogen-bond donors (Lipinski definition) is 3. The molecule has 3 aromatic heterocycles. The molecule has 2 amide bonds. The van der Waals surface area contributed by atoms with Crippen molar-refractivity contribution < 1.29 is 9.53 Å². The maximum absolute atomic E-state index is 12.7. The summed E-state index contributed by atoms with van der Waals surface area (Å²) in [4.78, 5) is 29.0. The van der Waals surface area contributed by atoms with Crippen LogP contribution in [0.2, 0.25) is 5.02 Å². The predicted octanol–water partition coefficient (Wildman–Crippen LogP) is 4.73. The number of aromatic nitrogens is 4. The molecule has 10 heteroatoms. The summed E-state index contributed by atoms with van der Waals surface area (Å²) in [6, 6.07) is 15.8. The first-order valence-electron chi connectivity index (χ1n) is 10.9. The Hall–Kier alpha value is -4.81. The van der Waals surface area contributed by atoms with Crippen molar-refractivity contribution in [3.8, 4) is 17.0 Å². The lowest BCUT2D eigenvalue weighted by Crippen LogP contribution is -2.20. The molecule has 3 N–H and O–H groups in total. The number of carbonyl (C=O) groups is 1. The number of methoxy groups -OCH3 is 1. The van der Waals surface area contributed by atoms with Gasteiger partial charge in [0, 0.05) is 41.1 Å². The average Bonchev–Trinajstić information content (AvgIpc) is 3.37. The Labute approximate surface area is 211 Å². The number of amides is 2. The fourth-order valence-corrected chi connectivity index (χ4v) is 3.76. The normalized spacial score (nSPS) is 11.2. The van der Waals surface area contributed by atoms with Crippen molar-refractivity contribution in [3.05, 3.63) is 102 Å². The van der Waals surface area contributed by atoms with Gasteiger partial charge in [0.1, 0.15) is 5.75 Å². The van der Waals surface area contributed by atoms with E-state index in [2.05, 4.69) is 38.0 Å². The van der Waals surface area contributed by atoms with Crippen molar-refractivity contribution in [1.29, 1.82) is 0 Å². The van der Waals surface area contributed by atoms with Crippen LogP contribution in [-0.4, -0.2) is 32.5 Å². The second kappa shape index (κ2) is 10.2. The van der Waals surface area contributed by atoms with E-state index in [9.17, 15) is 4.79 Å². The van der Waals surface area contributed by atoms with Gasteiger partial charge in [0.15, 0.2) is 11.1 Å². The number of halogens is 1. The van der Waals surface area contributed by atoms with Crippen molar-refractivity contribution in [2.24, 2.45) is 4.99 Å². The molecule has 36 heavy (non-hydrogen) atoms. The average molecular weight is 498 g/mol. The SMILES string of the molecule is COc1ccc(Cl)cc1NC(=O)Nc1cccc(-c2cn3c#cnc3c(=NCc3ccncc3)[nH]2)c1. The fourth-order valence-electron chi connectivity index (χ4n) is 3.59. The molecule has 0 saturated carbocycles. The molecular formula is C26H20ClN7O2. The summed E-state index contributed by atoms with van der Waals surface area (Å²) in [5.74, 6) is 0.502. The second-order valence-electron chi connectivity index (χ2n) is 7.72. The molecule has 3 heterocycles. The summed E-state index contributed by atoms with van der Waals surface area (Å²) in [6.45, 7) is 0.458. The number of aromatic amines is 1. The van der Waals surface area contributed by atoms with Crippen LogP contribution >= 0.6 is 11.6 Å². The van der Waals surface area contributed by atoms with Crippen LogP contribution in [0.3, 0.4) is 0 Å². The highest BCUT2D eigenvalue weighted by atomic mass is 35.5. The highest BCUT2D eigenvalue weighted by Gasteiger charge is 2.10. The lowest BCUT2D eigenvalue weighted by atomic mass is 10.1. The predicted molar refractivity (Wildman–Crippen MR) is 137 cm³/mol. The minimum atomic E-state index is -0.433. The van der Waals surface area contributed by atoms with E-state index in [1.165, 1.54) is 7.11 Å². The molecule has 0 radical (unpaired) electrons. The second-order valence-corrected chi connectivity index (χ2v) is 8.16. The van der Waals surface area contributed by atoms with E-state index >= 15 is 0 Å². The van der Waals surface area contributed by atoms with Crippen molar-refractivity contribution in [2.75, 3.05) is 17.7 Å². The monoisotopic (exact) mass is 497 g/mol. The number of H-pyrrole nitrogens is 1. The van der Waals surface area contributed by atoms with Crippen molar-refractivity contribution in [3.63, 3.8) is 0 Å². The van der Waals surface area contributed by atoms with Gasteiger partial charge in [-0.2, -0.15) is 4.98 Å². The zero-order chi connectivity index (χ0) is 24.9. The Morgan fingerprint density at radius 2 is 2.03 bits per heavy atom. The van der Waals surface area contributed by atoms with Gasteiger partial charge in [-0.15, -0.1) is 0 Å². The highest BCUT2D eigenvalue weighted by molar-refractivity contribution is 6.31. The first kappa shape index (κ1) is 23.0. The molecule has 0 aliphatic carbocycles. The first-order valence-corrected chi connectivity index (χ1v) is 11.3. The number of ether oxygens (including phenoxy) is 1. The molecule has 0 spiro atoms. The van der Waals surface area contributed by atoms with Crippen LogP contribution in [0.1, 0.15) is 5.56 Å². The number of rotatable bonds is 6. The van der Waals surface area contributed by atoms with Gasteiger partial charge in [-0.25, -0.2) is 4.79 Å². The van der Waals surface area contributed by atoms with Crippen LogP contribution in [0.25, 0.3) is 16.9 Å². The molecule has 0 aliphatic rings. The number of urea groups is 1. The number of nitrogens with one attached hydrogen (secondary N) is 3. The van der Waals surface area contributed by atoms with Crippen LogP contribution in [0.15, 0.2) is 78.2 Å². The smallest absolute Gasteiger partial charge is 0.323 e. The van der Waals surface area contributed by atoms with Gasteiger partial charge >= 0.3 is 6.03 Å². The largest absolute Gasteiger partial charge is 0.495 e. The van der Waals surface area contributed by atoms with Crippen LogP contribution in [0.4, 0.5) is 16.2 Å². The molecule has 0 aliphatic heterocycles. The van der Waals surface area contributed by atoms with Crippen LogP contribution in [-0.2, 0) is 6.54 Å². The van der Waals surface area contributed by atoms with E-state index in [-0.39, 0.29) is 0 Å². The molecule has 0 fully saturated rings. The van der Waals surface area contributed by atoms with E-state index < -0.39 is 6.03 Å². The molecular weight excluding hydrogens is 478 g/mol. The van der Waals surface area contributed by atoms with Gasteiger partial charge in [0.2, 0.25) is 0 Å². The summed E-state index contributed by atoms with van der Waals surface area (Å²) >= 11 is 6.06. The third-order valence-corrected chi connectivity index (χ3v) is 5.53. The lowest BCUT2D eigenvalue weighted by Gasteiger charge is -2.12. The minimum Gasteiger partial charge on any atom is -0.495 e. The van der Waals surface area contributed by atoms with Gasteiger partial charge in [0.05, 0.1) is 31.2 Å². The Bertz CT molecular complexity index is 1600. The van der Waals surface area contributed by atoms with E-state index in [0.29, 0.717) is 39.8 Å². The van der Waals surface area contributed by atoms with Crippen LogP contribution in [0.5, 0.6) is 5.75 Å². The molecule has 0 saturated heterocycles. The van der Waals surface area contributed by atoms with Gasteiger partial charge in [-0.1, -0.05) is 23.7 Å². The number of pyridine rings is 1. The molecule has 0 atom stereocenters.